The van der Waals surface area contributed by atoms with Crippen LogP contribution in [0.1, 0.15) is 5.56 Å². The molecule has 33 heavy (non-hydrogen) atoms. The van der Waals surface area contributed by atoms with Crippen LogP contribution in [0.15, 0.2) is 81.6 Å². The molecule has 2 aromatic heterocycles. The van der Waals surface area contributed by atoms with E-state index >= 15 is 0 Å². The van der Waals surface area contributed by atoms with Crippen molar-refractivity contribution in [2.75, 3.05) is 20.3 Å². The fourth-order valence-electron chi connectivity index (χ4n) is 3.23. The number of ether oxygens (including phenoxy) is 2. The van der Waals surface area contributed by atoms with E-state index in [1.807, 2.05) is 48.5 Å². The summed E-state index contributed by atoms with van der Waals surface area (Å²) < 4.78 is 17.0. The summed E-state index contributed by atoms with van der Waals surface area (Å²) in [7, 11) is 1.48. The van der Waals surface area contributed by atoms with E-state index in [9.17, 15) is 14.9 Å². The molecule has 164 valence electrons. The minimum atomic E-state index is -0.793. The number of fused-ring (bicyclic) bond motifs is 1. The zero-order valence-corrected chi connectivity index (χ0v) is 17.7. The van der Waals surface area contributed by atoms with Gasteiger partial charge in [0.2, 0.25) is 0 Å². The zero-order valence-electron chi connectivity index (χ0n) is 17.7. The Morgan fingerprint density at radius 2 is 1.91 bits per heavy atom. The first kappa shape index (κ1) is 21.7. The van der Waals surface area contributed by atoms with Crippen LogP contribution in [-0.2, 0) is 14.3 Å². The fourth-order valence-corrected chi connectivity index (χ4v) is 3.23. The fraction of sp³-hybridized carbons (Fsp3) is 0.120. The van der Waals surface area contributed by atoms with Gasteiger partial charge in [0.25, 0.3) is 0 Å². The van der Waals surface area contributed by atoms with Crippen molar-refractivity contribution in [3.8, 4) is 23.0 Å². The number of rotatable bonds is 7. The summed E-state index contributed by atoms with van der Waals surface area (Å²) in [5, 5.41) is 14.8. The van der Waals surface area contributed by atoms with Gasteiger partial charge in [0.15, 0.2) is 0 Å². The molecule has 8 heteroatoms. The van der Waals surface area contributed by atoms with E-state index in [1.165, 1.54) is 13.2 Å². The molecule has 0 aliphatic rings. The number of aromatic nitrogens is 2. The molecule has 0 saturated carbocycles. The van der Waals surface area contributed by atoms with Crippen molar-refractivity contribution in [1.29, 1.82) is 5.26 Å². The molecule has 0 N–H and O–H groups in total. The van der Waals surface area contributed by atoms with Gasteiger partial charge in [-0.3, -0.25) is 0 Å². The lowest BCUT2D eigenvalue weighted by Crippen LogP contribution is -2.11. The highest BCUT2D eigenvalue weighted by Gasteiger charge is 2.19. The highest BCUT2D eigenvalue weighted by atomic mass is 16.6. The van der Waals surface area contributed by atoms with Crippen LogP contribution >= 0.6 is 0 Å². The zero-order chi connectivity index (χ0) is 23.2. The number of carbonyl (C=O) groups is 1. The molecule has 4 aromatic rings. The minimum Gasteiger partial charge on any atom is -0.459 e. The van der Waals surface area contributed by atoms with E-state index in [0.29, 0.717) is 11.1 Å². The molecular weight excluding hydrogens is 422 g/mol. The second kappa shape index (κ2) is 9.77. The largest absolute Gasteiger partial charge is 0.459 e. The summed E-state index contributed by atoms with van der Waals surface area (Å²) in [6.45, 7) is 0.221. The molecule has 0 bridgehead atoms. The van der Waals surface area contributed by atoms with Gasteiger partial charge in [0.1, 0.15) is 29.5 Å². The van der Waals surface area contributed by atoms with E-state index in [1.54, 1.807) is 29.1 Å². The molecule has 0 saturated heterocycles. The smallest absolute Gasteiger partial charge is 0.348 e. The predicted octanol–water partition coefficient (Wildman–Crippen LogP) is 3.74. The predicted molar refractivity (Wildman–Crippen MR) is 121 cm³/mol. The quantitative estimate of drug-likeness (QED) is 0.141. The average Bonchev–Trinajstić information content (AvgIpc) is 3.26. The number of carbonyl (C=O) groups excluding carboxylic acids is 1. The molecule has 0 amide bonds. The summed E-state index contributed by atoms with van der Waals surface area (Å²) in [6, 6.07) is 19.9. The van der Waals surface area contributed by atoms with Crippen molar-refractivity contribution in [2.24, 2.45) is 0 Å². The molecule has 0 unspecified atom stereocenters. The van der Waals surface area contributed by atoms with Gasteiger partial charge in [0, 0.05) is 24.3 Å². The number of nitrogens with zero attached hydrogens (tertiary/aromatic N) is 3. The molecule has 2 heterocycles. The molecule has 0 aliphatic carbocycles. The number of methoxy groups -OCH3 is 1. The maximum absolute atomic E-state index is 12.8. The third-order valence-electron chi connectivity index (χ3n) is 4.82. The Labute approximate surface area is 188 Å². The van der Waals surface area contributed by atoms with Crippen LogP contribution < -0.4 is 5.63 Å². The van der Waals surface area contributed by atoms with Crippen molar-refractivity contribution in [3.05, 3.63) is 88.4 Å². The Kier molecular flexibility index (Phi) is 6.43. The van der Waals surface area contributed by atoms with Crippen LogP contribution in [0.5, 0.6) is 0 Å². The summed E-state index contributed by atoms with van der Waals surface area (Å²) >= 11 is 0. The van der Waals surface area contributed by atoms with Crippen LogP contribution in [0, 0.1) is 11.3 Å². The second-order valence-corrected chi connectivity index (χ2v) is 7.00. The first-order valence-corrected chi connectivity index (χ1v) is 10.1. The van der Waals surface area contributed by atoms with Gasteiger partial charge in [-0.1, -0.05) is 36.4 Å². The maximum Gasteiger partial charge on any atom is 0.348 e. The minimum absolute atomic E-state index is 0.0126. The number of benzene rings is 2. The van der Waals surface area contributed by atoms with Crippen LogP contribution in [0.3, 0.4) is 0 Å². The lowest BCUT2D eigenvalue weighted by atomic mass is 10.1. The number of para-hydroxylation sites is 2. The van der Waals surface area contributed by atoms with Crippen molar-refractivity contribution < 1.29 is 18.7 Å². The molecule has 8 nitrogen and oxygen atoms in total. The number of hydrogen-bond donors (Lipinski definition) is 0. The standard InChI is InChI=1S/C25H19N3O5/c1-31-11-12-32-24(29)18(15-26)13-19-16-28(20-8-3-2-4-9-20)27-23(19)21-14-17-7-5-6-10-22(17)33-25(21)30/h2-10,13-14,16H,11-12H2,1H3/b18-13+. The van der Waals surface area contributed by atoms with E-state index in [-0.39, 0.29) is 30.0 Å². The number of hydrogen-bond acceptors (Lipinski definition) is 7. The van der Waals surface area contributed by atoms with E-state index in [2.05, 4.69) is 5.10 Å². The van der Waals surface area contributed by atoms with Gasteiger partial charge in [-0.15, -0.1) is 0 Å². The lowest BCUT2D eigenvalue weighted by molar-refractivity contribution is -0.139. The molecule has 0 atom stereocenters. The van der Waals surface area contributed by atoms with Gasteiger partial charge < -0.3 is 13.9 Å². The molecule has 0 fully saturated rings. The topological polar surface area (TPSA) is 107 Å². The van der Waals surface area contributed by atoms with Crippen LogP contribution in [-0.4, -0.2) is 36.1 Å². The third-order valence-corrected chi connectivity index (χ3v) is 4.82. The number of nitriles is 1. The Balaban J connectivity index is 1.85. The van der Waals surface area contributed by atoms with Crippen LogP contribution in [0.2, 0.25) is 0 Å². The summed E-state index contributed by atoms with van der Waals surface area (Å²) in [4.78, 5) is 25.1. The first-order valence-electron chi connectivity index (χ1n) is 10.1. The van der Waals surface area contributed by atoms with Gasteiger partial charge in [0.05, 0.1) is 17.9 Å². The van der Waals surface area contributed by atoms with Crippen molar-refractivity contribution in [3.63, 3.8) is 0 Å². The van der Waals surface area contributed by atoms with Gasteiger partial charge in [-0.05, 0) is 30.3 Å². The Bertz CT molecular complexity index is 1430. The van der Waals surface area contributed by atoms with Crippen LogP contribution in [0.25, 0.3) is 34.0 Å². The molecular formula is C25H19N3O5. The SMILES string of the molecule is COCCOC(=O)/C(C#N)=C/c1cn(-c2ccccc2)nc1-c1cc2ccccc2oc1=O. The third kappa shape index (κ3) is 4.74. The van der Waals surface area contributed by atoms with Crippen LogP contribution in [0.4, 0.5) is 0 Å². The molecule has 0 radical (unpaired) electrons. The summed E-state index contributed by atoms with van der Waals surface area (Å²) in [5.41, 5.74) is 1.25. The Morgan fingerprint density at radius 1 is 1.15 bits per heavy atom. The Hall–Kier alpha value is -4.48. The van der Waals surface area contributed by atoms with E-state index in [0.717, 1.165) is 11.1 Å². The normalized spacial score (nSPS) is 11.3. The number of esters is 1. The molecule has 2 aromatic carbocycles. The van der Waals surface area contributed by atoms with Crippen molar-refractivity contribution >= 4 is 23.0 Å². The summed E-state index contributed by atoms with van der Waals surface area (Å²) in [6.07, 6.45) is 2.99. The van der Waals surface area contributed by atoms with Crippen molar-refractivity contribution in [2.45, 2.75) is 0 Å². The van der Waals surface area contributed by atoms with Gasteiger partial charge in [-0.25, -0.2) is 14.3 Å². The Morgan fingerprint density at radius 3 is 2.67 bits per heavy atom. The van der Waals surface area contributed by atoms with Gasteiger partial charge in [-0.2, -0.15) is 10.4 Å². The first-order chi connectivity index (χ1) is 16.1. The monoisotopic (exact) mass is 441 g/mol. The average molecular weight is 441 g/mol. The highest BCUT2D eigenvalue weighted by Crippen LogP contribution is 2.26. The molecule has 0 aliphatic heterocycles. The van der Waals surface area contributed by atoms with Gasteiger partial charge >= 0.3 is 11.6 Å². The second-order valence-electron chi connectivity index (χ2n) is 7.00. The lowest BCUT2D eigenvalue weighted by Gasteiger charge is -2.03. The van der Waals surface area contributed by atoms with E-state index in [4.69, 9.17) is 13.9 Å². The molecule has 0 spiro atoms. The molecule has 4 rings (SSSR count). The summed E-state index contributed by atoms with van der Waals surface area (Å²) in [5.74, 6) is -0.793. The maximum atomic E-state index is 12.8. The van der Waals surface area contributed by atoms with E-state index < -0.39 is 11.6 Å². The van der Waals surface area contributed by atoms with Crippen molar-refractivity contribution in [1.82, 2.24) is 9.78 Å². The highest BCUT2D eigenvalue weighted by molar-refractivity contribution is 5.99.